The van der Waals surface area contributed by atoms with Crippen LogP contribution in [0.1, 0.15) is 24.2 Å². The highest BCUT2D eigenvalue weighted by atomic mass is 19.3. The lowest BCUT2D eigenvalue weighted by Crippen LogP contribution is -2.11. The third-order valence-electron chi connectivity index (χ3n) is 2.92. The first kappa shape index (κ1) is 15.1. The Hall–Kier alpha value is -2.31. The van der Waals surface area contributed by atoms with Gasteiger partial charge < -0.3 is 10.1 Å². The Kier molecular flexibility index (Phi) is 4.62. The third kappa shape index (κ3) is 3.84. The molecule has 7 heteroatoms. The second-order valence-corrected chi connectivity index (χ2v) is 4.44. The van der Waals surface area contributed by atoms with E-state index in [9.17, 15) is 13.2 Å². The number of rotatable bonds is 5. The van der Waals surface area contributed by atoms with Crippen LogP contribution in [-0.4, -0.2) is 16.6 Å². The second kappa shape index (κ2) is 6.43. The zero-order valence-electron chi connectivity index (χ0n) is 11.5. The van der Waals surface area contributed by atoms with Gasteiger partial charge in [0.25, 0.3) is 0 Å². The first-order chi connectivity index (χ1) is 9.97. The van der Waals surface area contributed by atoms with Gasteiger partial charge >= 0.3 is 6.61 Å². The molecule has 1 N–H and O–H groups in total. The molecule has 4 nitrogen and oxygen atoms in total. The highest BCUT2D eigenvalue weighted by Crippen LogP contribution is 2.23. The maximum Gasteiger partial charge on any atom is 0.387 e. The van der Waals surface area contributed by atoms with Crippen LogP contribution in [0.5, 0.6) is 5.75 Å². The van der Waals surface area contributed by atoms with Crippen molar-refractivity contribution in [3.05, 3.63) is 47.7 Å². The summed E-state index contributed by atoms with van der Waals surface area (Å²) in [6, 6.07) is 5.86. The van der Waals surface area contributed by atoms with Crippen LogP contribution in [0.25, 0.3) is 0 Å². The number of hydrogen-bond donors (Lipinski definition) is 1. The van der Waals surface area contributed by atoms with Crippen LogP contribution < -0.4 is 10.1 Å². The van der Waals surface area contributed by atoms with Crippen molar-refractivity contribution < 1.29 is 17.9 Å². The van der Waals surface area contributed by atoms with Gasteiger partial charge in [-0.1, -0.05) is 12.1 Å². The monoisotopic (exact) mass is 297 g/mol. The van der Waals surface area contributed by atoms with Gasteiger partial charge in [-0.15, -0.1) is 0 Å². The average molecular weight is 297 g/mol. The summed E-state index contributed by atoms with van der Waals surface area (Å²) in [5.41, 5.74) is 1.03. The van der Waals surface area contributed by atoms with E-state index in [1.807, 2.05) is 0 Å². The van der Waals surface area contributed by atoms with Crippen LogP contribution in [0.15, 0.2) is 30.6 Å². The molecular formula is C14H14F3N3O. The van der Waals surface area contributed by atoms with Crippen molar-refractivity contribution >= 4 is 5.82 Å². The predicted molar refractivity (Wildman–Crippen MR) is 71.8 cm³/mol. The molecule has 0 amide bonds. The molecule has 2 rings (SSSR count). The van der Waals surface area contributed by atoms with E-state index < -0.39 is 12.4 Å². The molecule has 112 valence electrons. The molecule has 0 radical (unpaired) electrons. The van der Waals surface area contributed by atoms with Gasteiger partial charge in [0.15, 0.2) is 11.6 Å². The summed E-state index contributed by atoms with van der Waals surface area (Å²) in [7, 11) is 0. The predicted octanol–water partition coefficient (Wildman–Crippen LogP) is 3.70. The Labute approximate surface area is 120 Å². The normalized spacial score (nSPS) is 12.3. The Morgan fingerprint density at radius 3 is 2.43 bits per heavy atom. The first-order valence-corrected chi connectivity index (χ1v) is 6.25. The smallest absolute Gasteiger partial charge is 0.387 e. The van der Waals surface area contributed by atoms with Crippen LogP contribution in [-0.2, 0) is 0 Å². The molecule has 0 spiro atoms. The van der Waals surface area contributed by atoms with Crippen molar-refractivity contribution in [3.8, 4) is 5.75 Å². The van der Waals surface area contributed by atoms with E-state index >= 15 is 0 Å². The van der Waals surface area contributed by atoms with Gasteiger partial charge in [0.05, 0.1) is 11.7 Å². The van der Waals surface area contributed by atoms with Crippen LogP contribution in [0.4, 0.5) is 19.0 Å². The fourth-order valence-corrected chi connectivity index (χ4v) is 1.78. The molecule has 1 atom stereocenters. The van der Waals surface area contributed by atoms with Crippen molar-refractivity contribution in [1.29, 1.82) is 0 Å². The summed E-state index contributed by atoms with van der Waals surface area (Å²) in [5.74, 6) is -0.338. The summed E-state index contributed by atoms with van der Waals surface area (Å²) in [4.78, 5) is 7.59. The molecule has 1 aromatic carbocycles. The highest BCUT2D eigenvalue weighted by molar-refractivity contribution is 5.41. The largest absolute Gasteiger partial charge is 0.435 e. The number of anilines is 1. The lowest BCUT2D eigenvalue weighted by molar-refractivity contribution is -0.0498. The van der Waals surface area contributed by atoms with E-state index in [1.165, 1.54) is 18.5 Å². The molecule has 1 aromatic heterocycles. The van der Waals surface area contributed by atoms with Crippen molar-refractivity contribution in [2.75, 3.05) is 5.32 Å². The van der Waals surface area contributed by atoms with Gasteiger partial charge in [0.2, 0.25) is 0 Å². The molecule has 21 heavy (non-hydrogen) atoms. The topological polar surface area (TPSA) is 47.0 Å². The highest BCUT2D eigenvalue weighted by Gasteiger charge is 2.12. The van der Waals surface area contributed by atoms with E-state index in [0.29, 0.717) is 0 Å². The van der Waals surface area contributed by atoms with Gasteiger partial charge in [-0.2, -0.15) is 8.78 Å². The van der Waals surface area contributed by atoms with Gasteiger partial charge in [0, 0.05) is 0 Å². The summed E-state index contributed by atoms with van der Waals surface area (Å²) >= 11 is 0. The van der Waals surface area contributed by atoms with E-state index in [2.05, 4.69) is 20.0 Å². The Morgan fingerprint density at radius 1 is 1.14 bits per heavy atom. The number of aromatic nitrogens is 2. The molecule has 0 bridgehead atoms. The lowest BCUT2D eigenvalue weighted by atomic mass is 10.1. The molecule has 1 heterocycles. The number of hydrogen-bond acceptors (Lipinski definition) is 4. The minimum Gasteiger partial charge on any atom is -0.435 e. The van der Waals surface area contributed by atoms with Crippen molar-refractivity contribution in [2.24, 2.45) is 0 Å². The van der Waals surface area contributed by atoms with E-state index in [-0.39, 0.29) is 23.3 Å². The Bertz CT molecular complexity index is 605. The zero-order valence-corrected chi connectivity index (χ0v) is 11.5. The first-order valence-electron chi connectivity index (χ1n) is 6.25. The molecule has 2 aromatic rings. The van der Waals surface area contributed by atoms with E-state index in [4.69, 9.17) is 0 Å². The fraction of sp³-hybridized carbons (Fsp3) is 0.286. The molecule has 0 aliphatic rings. The van der Waals surface area contributed by atoms with Gasteiger partial charge in [-0.25, -0.2) is 14.4 Å². The van der Waals surface area contributed by atoms with Gasteiger partial charge in [0.1, 0.15) is 12.1 Å². The molecule has 0 saturated heterocycles. The number of halogens is 3. The summed E-state index contributed by atoms with van der Waals surface area (Å²) < 4.78 is 42.2. The third-order valence-corrected chi connectivity index (χ3v) is 2.92. The number of benzene rings is 1. The number of nitrogens with one attached hydrogen (secondary N) is 1. The standard InChI is InChI=1S/C14H14F3N3O/c1-8(20-13-12(15)9(2)18-7-19-13)10-3-5-11(6-4-10)21-14(16)17/h3-8,14H,1-2H3,(H,18,19,20). The van der Waals surface area contributed by atoms with Gasteiger partial charge in [-0.05, 0) is 31.5 Å². The molecule has 0 aliphatic carbocycles. The number of aryl methyl sites for hydroxylation is 1. The van der Waals surface area contributed by atoms with Crippen molar-refractivity contribution in [3.63, 3.8) is 0 Å². The Balaban J connectivity index is 2.09. The van der Waals surface area contributed by atoms with Crippen molar-refractivity contribution in [2.45, 2.75) is 26.5 Å². The van der Waals surface area contributed by atoms with Crippen LogP contribution in [0.3, 0.4) is 0 Å². The number of alkyl halides is 2. The molecule has 0 fully saturated rings. The van der Waals surface area contributed by atoms with E-state index in [0.717, 1.165) is 5.56 Å². The van der Waals surface area contributed by atoms with Gasteiger partial charge in [-0.3, -0.25) is 0 Å². The van der Waals surface area contributed by atoms with Crippen LogP contribution in [0.2, 0.25) is 0 Å². The minimum absolute atomic E-state index is 0.0741. The molecule has 1 unspecified atom stereocenters. The van der Waals surface area contributed by atoms with Crippen LogP contribution in [0, 0.1) is 12.7 Å². The molecular weight excluding hydrogens is 283 g/mol. The summed E-state index contributed by atoms with van der Waals surface area (Å²) in [5, 5.41) is 2.91. The quantitative estimate of drug-likeness (QED) is 0.914. The fourth-order valence-electron chi connectivity index (χ4n) is 1.78. The minimum atomic E-state index is -2.86. The maximum absolute atomic E-state index is 13.8. The maximum atomic E-state index is 13.8. The lowest BCUT2D eigenvalue weighted by Gasteiger charge is -2.16. The average Bonchev–Trinajstić information content (AvgIpc) is 2.44. The SMILES string of the molecule is Cc1ncnc(NC(C)c2ccc(OC(F)F)cc2)c1F. The zero-order chi connectivity index (χ0) is 15.4. The van der Waals surface area contributed by atoms with Crippen LogP contribution >= 0.6 is 0 Å². The van der Waals surface area contributed by atoms with E-state index in [1.54, 1.807) is 26.0 Å². The Morgan fingerprint density at radius 2 is 1.81 bits per heavy atom. The van der Waals surface area contributed by atoms with Crippen molar-refractivity contribution in [1.82, 2.24) is 9.97 Å². The summed E-state index contributed by atoms with van der Waals surface area (Å²) in [6.45, 7) is 0.493. The number of ether oxygens (including phenoxy) is 1. The molecule has 0 saturated carbocycles. The summed E-state index contributed by atoms with van der Waals surface area (Å²) in [6.07, 6.45) is 1.27. The molecule has 0 aliphatic heterocycles. The number of nitrogens with zero attached hydrogens (tertiary/aromatic N) is 2. The second-order valence-electron chi connectivity index (χ2n) is 4.44.